The first-order valence-corrected chi connectivity index (χ1v) is 8.66. The molecule has 1 aliphatic rings. The molecule has 5 heteroatoms. The summed E-state index contributed by atoms with van der Waals surface area (Å²) in [5.74, 6) is 1.60. The van der Waals surface area contributed by atoms with Crippen LogP contribution in [0, 0.1) is 6.92 Å². The van der Waals surface area contributed by atoms with Crippen LogP contribution in [0.15, 0.2) is 24.3 Å². The Balaban J connectivity index is 2.08. The number of fused-ring (bicyclic) bond motifs is 1. The third kappa shape index (κ3) is 3.57. The quantitative estimate of drug-likeness (QED) is 0.850. The smallest absolute Gasteiger partial charge is 0.161 e. The van der Waals surface area contributed by atoms with E-state index in [4.69, 9.17) is 9.97 Å². The van der Waals surface area contributed by atoms with Gasteiger partial charge in [0.2, 0.25) is 0 Å². The molecule has 24 heavy (non-hydrogen) atoms. The van der Waals surface area contributed by atoms with Crippen LogP contribution in [-0.4, -0.2) is 46.5 Å². The molecular formula is C19H25N3O2. The topological polar surface area (TPSA) is 69.5 Å². The van der Waals surface area contributed by atoms with Crippen LogP contribution in [0.5, 0.6) is 0 Å². The molecule has 3 rings (SSSR count). The molecule has 0 bridgehead atoms. The van der Waals surface area contributed by atoms with Crippen molar-refractivity contribution >= 4 is 5.82 Å². The van der Waals surface area contributed by atoms with E-state index in [0.717, 1.165) is 48.6 Å². The summed E-state index contributed by atoms with van der Waals surface area (Å²) in [7, 11) is 0. The van der Waals surface area contributed by atoms with Crippen LogP contribution in [0.4, 0.5) is 5.82 Å². The van der Waals surface area contributed by atoms with Crippen LogP contribution in [0.25, 0.3) is 11.4 Å². The van der Waals surface area contributed by atoms with Gasteiger partial charge in [-0.05, 0) is 32.6 Å². The van der Waals surface area contributed by atoms with E-state index in [1.807, 2.05) is 17.0 Å². The molecule has 2 N–H and O–H groups in total. The standard InChI is InChI=1S/C19H25N3O2/c1-14-6-8-15(9-7-14)18-20-17-5-3-2-4-16(17)19(21-18)22(10-12-23)11-13-24/h6-9,23-24H,2-5,10-13H2,1H3. The molecule has 1 aromatic heterocycles. The highest BCUT2D eigenvalue weighted by Crippen LogP contribution is 2.30. The maximum absolute atomic E-state index is 9.38. The average Bonchev–Trinajstić information content (AvgIpc) is 2.61. The number of aliphatic hydroxyl groups is 2. The molecule has 0 amide bonds. The van der Waals surface area contributed by atoms with E-state index in [2.05, 4.69) is 19.1 Å². The largest absolute Gasteiger partial charge is 0.395 e. The summed E-state index contributed by atoms with van der Waals surface area (Å²) in [6.45, 7) is 3.08. The second kappa shape index (κ2) is 7.73. The van der Waals surface area contributed by atoms with E-state index < -0.39 is 0 Å². The van der Waals surface area contributed by atoms with Crippen molar-refractivity contribution in [1.29, 1.82) is 0 Å². The molecule has 1 aromatic carbocycles. The van der Waals surface area contributed by atoms with Gasteiger partial charge in [0.15, 0.2) is 5.82 Å². The minimum Gasteiger partial charge on any atom is -0.395 e. The molecule has 1 aliphatic carbocycles. The Bertz CT molecular complexity index is 680. The van der Waals surface area contributed by atoms with Crippen molar-refractivity contribution in [2.75, 3.05) is 31.2 Å². The molecular weight excluding hydrogens is 302 g/mol. The third-order valence-corrected chi connectivity index (χ3v) is 4.51. The maximum atomic E-state index is 9.38. The Kier molecular flexibility index (Phi) is 5.43. The SMILES string of the molecule is Cc1ccc(-c2nc3c(c(N(CCO)CCO)n2)CCCC3)cc1. The predicted octanol–water partition coefficient (Wildman–Crippen LogP) is 2.12. The fraction of sp³-hybridized carbons (Fsp3) is 0.474. The summed E-state index contributed by atoms with van der Waals surface area (Å²) in [5.41, 5.74) is 4.50. The highest BCUT2D eigenvalue weighted by Gasteiger charge is 2.22. The van der Waals surface area contributed by atoms with E-state index in [1.54, 1.807) is 0 Å². The Morgan fingerprint density at radius 1 is 0.958 bits per heavy atom. The van der Waals surface area contributed by atoms with Crippen molar-refractivity contribution in [3.05, 3.63) is 41.1 Å². The normalized spacial score (nSPS) is 13.6. The van der Waals surface area contributed by atoms with Crippen LogP contribution < -0.4 is 4.90 Å². The summed E-state index contributed by atoms with van der Waals surface area (Å²) in [6.07, 6.45) is 4.22. The Morgan fingerprint density at radius 2 is 1.62 bits per heavy atom. The van der Waals surface area contributed by atoms with Crippen molar-refractivity contribution in [3.63, 3.8) is 0 Å². The van der Waals surface area contributed by atoms with Gasteiger partial charge in [0.25, 0.3) is 0 Å². The van der Waals surface area contributed by atoms with Gasteiger partial charge in [0, 0.05) is 29.9 Å². The van der Waals surface area contributed by atoms with Crippen molar-refractivity contribution in [3.8, 4) is 11.4 Å². The lowest BCUT2D eigenvalue weighted by Crippen LogP contribution is -2.32. The molecule has 128 valence electrons. The van der Waals surface area contributed by atoms with Crippen LogP contribution in [0.2, 0.25) is 0 Å². The molecule has 5 nitrogen and oxygen atoms in total. The minimum atomic E-state index is 0.0403. The van der Waals surface area contributed by atoms with Gasteiger partial charge in [-0.25, -0.2) is 9.97 Å². The van der Waals surface area contributed by atoms with Crippen LogP contribution in [0.3, 0.4) is 0 Å². The maximum Gasteiger partial charge on any atom is 0.161 e. The highest BCUT2D eigenvalue weighted by molar-refractivity contribution is 5.61. The zero-order valence-electron chi connectivity index (χ0n) is 14.2. The zero-order valence-corrected chi connectivity index (χ0v) is 14.2. The number of hydrogen-bond acceptors (Lipinski definition) is 5. The second-order valence-corrected chi connectivity index (χ2v) is 6.30. The van der Waals surface area contributed by atoms with Crippen LogP contribution >= 0.6 is 0 Å². The first-order valence-electron chi connectivity index (χ1n) is 8.66. The van der Waals surface area contributed by atoms with Gasteiger partial charge >= 0.3 is 0 Å². The molecule has 0 saturated carbocycles. The van der Waals surface area contributed by atoms with Gasteiger partial charge in [-0.3, -0.25) is 0 Å². The summed E-state index contributed by atoms with van der Waals surface area (Å²) in [6, 6.07) is 8.23. The molecule has 2 aromatic rings. The van der Waals surface area contributed by atoms with Gasteiger partial charge in [-0.1, -0.05) is 29.8 Å². The Labute approximate surface area is 143 Å². The summed E-state index contributed by atoms with van der Waals surface area (Å²) in [4.78, 5) is 11.6. The van der Waals surface area contributed by atoms with Crippen molar-refractivity contribution in [2.45, 2.75) is 32.6 Å². The molecule has 1 heterocycles. The number of rotatable bonds is 6. The lowest BCUT2D eigenvalue weighted by atomic mass is 9.95. The first-order chi connectivity index (χ1) is 11.7. The number of aliphatic hydroxyl groups excluding tert-OH is 2. The summed E-state index contributed by atoms with van der Waals surface area (Å²) < 4.78 is 0. The fourth-order valence-corrected chi connectivity index (χ4v) is 3.23. The third-order valence-electron chi connectivity index (χ3n) is 4.51. The van der Waals surface area contributed by atoms with Crippen molar-refractivity contribution < 1.29 is 10.2 Å². The van der Waals surface area contributed by atoms with Crippen LogP contribution in [-0.2, 0) is 12.8 Å². The number of anilines is 1. The van der Waals surface area contributed by atoms with Gasteiger partial charge in [-0.2, -0.15) is 0 Å². The highest BCUT2D eigenvalue weighted by atomic mass is 16.3. The zero-order chi connectivity index (χ0) is 16.9. The number of aromatic nitrogens is 2. The average molecular weight is 327 g/mol. The van der Waals surface area contributed by atoms with E-state index in [1.165, 1.54) is 11.1 Å². The predicted molar refractivity (Wildman–Crippen MR) is 95.2 cm³/mol. The van der Waals surface area contributed by atoms with Gasteiger partial charge in [0.1, 0.15) is 5.82 Å². The van der Waals surface area contributed by atoms with E-state index in [-0.39, 0.29) is 13.2 Å². The monoisotopic (exact) mass is 327 g/mol. The number of nitrogens with zero attached hydrogens (tertiary/aromatic N) is 3. The summed E-state index contributed by atoms with van der Waals surface area (Å²) >= 11 is 0. The molecule has 0 atom stereocenters. The Hall–Kier alpha value is -1.98. The molecule has 0 radical (unpaired) electrons. The minimum absolute atomic E-state index is 0.0403. The van der Waals surface area contributed by atoms with E-state index in [0.29, 0.717) is 13.1 Å². The van der Waals surface area contributed by atoms with E-state index in [9.17, 15) is 10.2 Å². The summed E-state index contributed by atoms with van der Waals surface area (Å²) in [5, 5.41) is 18.8. The first kappa shape index (κ1) is 16.9. The molecule has 0 aliphatic heterocycles. The number of hydrogen-bond donors (Lipinski definition) is 2. The molecule has 0 spiro atoms. The van der Waals surface area contributed by atoms with Gasteiger partial charge in [0.05, 0.1) is 13.2 Å². The number of benzene rings is 1. The van der Waals surface area contributed by atoms with Crippen molar-refractivity contribution in [2.24, 2.45) is 0 Å². The number of aryl methyl sites for hydroxylation is 2. The Morgan fingerprint density at radius 3 is 2.29 bits per heavy atom. The van der Waals surface area contributed by atoms with Crippen molar-refractivity contribution in [1.82, 2.24) is 9.97 Å². The second-order valence-electron chi connectivity index (χ2n) is 6.30. The van der Waals surface area contributed by atoms with Crippen LogP contribution in [0.1, 0.15) is 29.7 Å². The van der Waals surface area contributed by atoms with Gasteiger partial charge < -0.3 is 15.1 Å². The lowest BCUT2D eigenvalue weighted by Gasteiger charge is -2.28. The molecule has 0 fully saturated rings. The van der Waals surface area contributed by atoms with E-state index >= 15 is 0 Å². The van der Waals surface area contributed by atoms with Gasteiger partial charge in [-0.15, -0.1) is 0 Å². The molecule has 0 unspecified atom stereocenters. The fourth-order valence-electron chi connectivity index (χ4n) is 3.23. The lowest BCUT2D eigenvalue weighted by molar-refractivity contribution is 0.280. The molecule has 0 saturated heterocycles.